The van der Waals surface area contributed by atoms with Gasteiger partial charge >= 0.3 is 5.97 Å². The van der Waals surface area contributed by atoms with E-state index in [1.165, 1.54) is 0 Å². The molecule has 0 aliphatic carbocycles. The molecule has 0 rings (SSSR count). The highest BCUT2D eigenvalue weighted by atomic mass is 79.9. The molecule has 0 radical (unpaired) electrons. The summed E-state index contributed by atoms with van der Waals surface area (Å²) in [5.41, 5.74) is 5.37. The first kappa shape index (κ1) is 8.91. The fourth-order valence-corrected chi connectivity index (χ4v) is 0.539. The third kappa shape index (κ3) is 2.81. The van der Waals surface area contributed by atoms with E-state index >= 15 is 0 Å². The van der Waals surface area contributed by atoms with Crippen molar-refractivity contribution in [1.29, 1.82) is 0 Å². The van der Waals surface area contributed by atoms with Gasteiger partial charge in [-0.15, -0.1) is 0 Å². The summed E-state index contributed by atoms with van der Waals surface area (Å²) in [7, 11) is 0. The van der Waals surface area contributed by atoms with Crippen LogP contribution in [0.1, 0.15) is 13.8 Å². The fourth-order valence-electron chi connectivity index (χ4n) is 0.324. The highest BCUT2D eigenvalue weighted by Crippen LogP contribution is 2.01. The maximum Gasteiger partial charge on any atom is 0.334 e. The van der Waals surface area contributed by atoms with Crippen LogP contribution in [0.25, 0.3) is 0 Å². The Hall–Kier alpha value is -0.0900. The Morgan fingerprint density at radius 2 is 2.11 bits per heavy atom. The van der Waals surface area contributed by atoms with E-state index in [2.05, 4.69) is 20.1 Å². The molecule has 0 aromatic carbocycles. The van der Waals surface area contributed by atoms with Crippen LogP contribution < -0.4 is 5.73 Å². The topological polar surface area (TPSA) is 52.3 Å². The third-order valence-electron chi connectivity index (χ3n) is 1.07. The Labute approximate surface area is 63.0 Å². The molecule has 0 aromatic heterocycles. The summed E-state index contributed by atoms with van der Waals surface area (Å²) in [6.45, 7) is 3.71. The van der Waals surface area contributed by atoms with E-state index in [1.807, 2.05) is 13.8 Å². The van der Waals surface area contributed by atoms with E-state index in [0.29, 0.717) is 0 Å². The van der Waals surface area contributed by atoms with Crippen molar-refractivity contribution < 1.29 is 8.62 Å². The van der Waals surface area contributed by atoms with Crippen molar-refractivity contribution in [3.8, 4) is 0 Å². The highest BCUT2D eigenvalue weighted by Gasteiger charge is 2.17. The molecule has 2 N–H and O–H groups in total. The van der Waals surface area contributed by atoms with Crippen LogP contribution in [0.4, 0.5) is 0 Å². The van der Waals surface area contributed by atoms with Gasteiger partial charge in [-0.25, -0.2) is 4.79 Å². The van der Waals surface area contributed by atoms with E-state index in [1.54, 1.807) is 0 Å². The average Bonchev–Trinajstić information content (AvgIpc) is 1.84. The molecule has 0 unspecified atom stereocenters. The maximum atomic E-state index is 10.6. The van der Waals surface area contributed by atoms with E-state index in [0.717, 1.165) is 0 Å². The van der Waals surface area contributed by atoms with Crippen LogP contribution in [-0.4, -0.2) is 12.0 Å². The molecule has 54 valence electrons. The molecule has 3 nitrogen and oxygen atoms in total. The van der Waals surface area contributed by atoms with Crippen molar-refractivity contribution in [2.75, 3.05) is 0 Å². The van der Waals surface area contributed by atoms with Crippen LogP contribution >= 0.6 is 16.3 Å². The van der Waals surface area contributed by atoms with Gasteiger partial charge in [-0.3, -0.25) is 0 Å². The van der Waals surface area contributed by atoms with E-state index < -0.39 is 12.0 Å². The number of nitrogens with two attached hydrogens (primary N) is 1. The maximum absolute atomic E-state index is 10.6. The quantitative estimate of drug-likeness (QED) is 0.711. The Morgan fingerprint density at radius 3 is 2.22 bits per heavy atom. The Balaban J connectivity index is 3.72. The van der Waals surface area contributed by atoms with Gasteiger partial charge in [-0.05, 0) is 5.92 Å². The van der Waals surface area contributed by atoms with Gasteiger partial charge in [0.05, 0.1) is 0 Å². The molecule has 0 aromatic rings. The SMILES string of the molecule is CC(C)[C@H](N)C(=O)OBr. The van der Waals surface area contributed by atoms with E-state index in [4.69, 9.17) is 5.73 Å². The van der Waals surface area contributed by atoms with Crippen LogP contribution in [0, 0.1) is 5.92 Å². The van der Waals surface area contributed by atoms with Crippen LogP contribution in [0.15, 0.2) is 0 Å². The zero-order valence-corrected chi connectivity index (χ0v) is 7.01. The molecule has 0 aliphatic heterocycles. The Kier molecular flexibility index (Phi) is 3.81. The van der Waals surface area contributed by atoms with Gasteiger partial charge in [0.2, 0.25) is 0 Å². The van der Waals surface area contributed by atoms with Crippen molar-refractivity contribution in [1.82, 2.24) is 0 Å². The number of rotatable bonds is 2. The number of hydrogen-bond acceptors (Lipinski definition) is 3. The van der Waals surface area contributed by atoms with Gasteiger partial charge in [0.25, 0.3) is 0 Å². The summed E-state index contributed by atoms with van der Waals surface area (Å²) >= 11 is 2.55. The first-order chi connectivity index (χ1) is 4.09. The smallest absolute Gasteiger partial charge is 0.334 e. The molecule has 0 aliphatic rings. The van der Waals surface area contributed by atoms with Crippen LogP contribution in [-0.2, 0) is 8.62 Å². The molecule has 0 saturated heterocycles. The first-order valence-corrected chi connectivity index (χ1v) is 3.32. The van der Waals surface area contributed by atoms with Gasteiger partial charge in [0, 0.05) is 0 Å². The molecule has 0 fully saturated rings. The Morgan fingerprint density at radius 1 is 1.67 bits per heavy atom. The minimum atomic E-state index is -0.524. The molecule has 0 bridgehead atoms. The Bertz CT molecular complexity index is 105. The average molecular weight is 196 g/mol. The number of hydrogen-bond donors (Lipinski definition) is 1. The van der Waals surface area contributed by atoms with Gasteiger partial charge < -0.3 is 9.56 Å². The molecule has 9 heavy (non-hydrogen) atoms. The lowest BCUT2D eigenvalue weighted by Gasteiger charge is -2.10. The van der Waals surface area contributed by atoms with Crippen molar-refractivity contribution in [3.63, 3.8) is 0 Å². The second-order valence-corrected chi connectivity index (χ2v) is 2.49. The first-order valence-electron chi connectivity index (χ1n) is 2.67. The number of halogens is 1. The summed E-state index contributed by atoms with van der Waals surface area (Å²) in [6, 6.07) is -0.524. The third-order valence-corrected chi connectivity index (χ3v) is 1.39. The highest BCUT2D eigenvalue weighted by molar-refractivity contribution is 9.06. The van der Waals surface area contributed by atoms with Crippen LogP contribution in [0.2, 0.25) is 0 Å². The van der Waals surface area contributed by atoms with Crippen molar-refractivity contribution in [2.45, 2.75) is 19.9 Å². The molecule has 0 spiro atoms. The summed E-state index contributed by atoms with van der Waals surface area (Å²) < 4.78 is 4.22. The lowest BCUT2D eigenvalue weighted by molar-refractivity contribution is -0.134. The monoisotopic (exact) mass is 195 g/mol. The molecular weight excluding hydrogens is 186 g/mol. The molecule has 0 saturated carbocycles. The van der Waals surface area contributed by atoms with Gasteiger partial charge in [-0.1, -0.05) is 13.8 Å². The lowest BCUT2D eigenvalue weighted by Crippen LogP contribution is -2.35. The number of carbonyl (C=O) groups is 1. The van der Waals surface area contributed by atoms with Gasteiger partial charge in [-0.2, -0.15) is 0 Å². The largest absolute Gasteiger partial charge is 0.382 e. The van der Waals surface area contributed by atoms with E-state index in [-0.39, 0.29) is 5.92 Å². The van der Waals surface area contributed by atoms with Crippen molar-refractivity contribution in [3.05, 3.63) is 0 Å². The molecule has 0 heterocycles. The lowest BCUT2D eigenvalue weighted by atomic mass is 10.1. The minimum absolute atomic E-state index is 0.120. The predicted molar refractivity (Wildman–Crippen MR) is 37.8 cm³/mol. The van der Waals surface area contributed by atoms with E-state index in [9.17, 15) is 4.79 Å². The predicted octanol–water partition coefficient (Wildman–Crippen LogP) is 0.823. The minimum Gasteiger partial charge on any atom is -0.382 e. The summed E-state index contributed by atoms with van der Waals surface area (Å²) in [5.74, 6) is -0.306. The summed E-state index contributed by atoms with van der Waals surface area (Å²) in [4.78, 5) is 10.6. The fraction of sp³-hybridized carbons (Fsp3) is 0.800. The molecule has 1 atom stereocenters. The standard InChI is InChI=1S/C5H10BrNO2/c1-3(2)4(7)5(8)9-6/h3-4H,7H2,1-2H3/t4-/m0/s1. The summed E-state index contributed by atoms with van der Waals surface area (Å²) in [5, 5.41) is 0. The summed E-state index contributed by atoms with van der Waals surface area (Å²) in [6.07, 6.45) is 0. The second kappa shape index (κ2) is 3.85. The normalized spacial score (nSPS) is 13.4. The van der Waals surface area contributed by atoms with Crippen molar-refractivity contribution >= 4 is 22.2 Å². The number of carbonyl (C=O) groups excluding carboxylic acids is 1. The van der Waals surface area contributed by atoms with Gasteiger partial charge in [0.1, 0.15) is 6.04 Å². The zero-order valence-electron chi connectivity index (χ0n) is 5.43. The van der Waals surface area contributed by atoms with Crippen molar-refractivity contribution in [2.24, 2.45) is 11.7 Å². The van der Waals surface area contributed by atoms with Crippen LogP contribution in [0.5, 0.6) is 0 Å². The second-order valence-electron chi connectivity index (χ2n) is 2.17. The molecular formula is C5H10BrNO2. The van der Waals surface area contributed by atoms with Crippen LogP contribution in [0.3, 0.4) is 0 Å². The van der Waals surface area contributed by atoms with Gasteiger partial charge in [0.15, 0.2) is 16.3 Å². The molecule has 0 amide bonds. The zero-order chi connectivity index (χ0) is 7.44. The molecule has 4 heteroatoms.